The fourth-order valence-electron chi connectivity index (χ4n) is 4.37. The maximum absolute atomic E-state index is 14.1. The quantitative estimate of drug-likeness (QED) is 0.348. The molecule has 0 radical (unpaired) electrons. The van der Waals surface area contributed by atoms with Crippen LogP contribution in [0.1, 0.15) is 5.56 Å². The molecule has 35 heavy (non-hydrogen) atoms. The van der Waals surface area contributed by atoms with Crippen LogP contribution in [-0.2, 0) is 17.1 Å². The van der Waals surface area contributed by atoms with E-state index in [1.165, 1.54) is 11.6 Å². The lowest BCUT2D eigenvalue weighted by molar-refractivity contribution is -0.132. The van der Waals surface area contributed by atoms with Crippen molar-refractivity contribution >= 4 is 34.3 Å². The Bertz CT molecular complexity index is 1320. The molecule has 0 spiro atoms. The number of anilines is 1. The van der Waals surface area contributed by atoms with Crippen LogP contribution >= 0.6 is 11.8 Å². The molecule has 2 aromatic heterocycles. The number of rotatable bonds is 7. The first-order chi connectivity index (χ1) is 17.1. The van der Waals surface area contributed by atoms with Crippen LogP contribution in [0.4, 0.5) is 10.1 Å². The maximum Gasteiger partial charge on any atom is 0.242 e. The van der Waals surface area contributed by atoms with Gasteiger partial charge in [-0.1, -0.05) is 24.3 Å². The van der Waals surface area contributed by atoms with Crippen LogP contribution in [0.25, 0.3) is 10.9 Å². The third-order valence-corrected chi connectivity index (χ3v) is 7.40. The van der Waals surface area contributed by atoms with Crippen LogP contribution < -0.4 is 9.64 Å². The van der Waals surface area contributed by atoms with Gasteiger partial charge in [-0.2, -0.15) is 0 Å². The number of fused-ring (bicyclic) bond motifs is 1. The number of benzene rings is 2. The Hall–Kier alpha value is -3.52. The van der Waals surface area contributed by atoms with Crippen molar-refractivity contribution in [3.8, 4) is 5.75 Å². The van der Waals surface area contributed by atoms with Gasteiger partial charge in [0.25, 0.3) is 0 Å². The lowest BCUT2D eigenvalue weighted by Crippen LogP contribution is -2.49. The lowest BCUT2D eigenvalue weighted by atomic mass is 10.2. The molecule has 0 bridgehead atoms. The number of ether oxygens (including phenoxy) is 1. The summed E-state index contributed by atoms with van der Waals surface area (Å²) in [5.74, 6) is 1.49. The predicted molar refractivity (Wildman–Crippen MR) is 137 cm³/mol. The van der Waals surface area contributed by atoms with E-state index in [-0.39, 0.29) is 18.3 Å². The molecule has 0 unspecified atom stereocenters. The molecule has 3 heterocycles. The summed E-state index contributed by atoms with van der Waals surface area (Å²) in [4.78, 5) is 21.5. The third kappa shape index (κ3) is 5.12. The molecule has 1 fully saturated rings. The fraction of sp³-hybridized carbons (Fsp3) is 0.259. The van der Waals surface area contributed by atoms with E-state index in [0.717, 1.165) is 27.4 Å². The average Bonchev–Trinajstić information content (AvgIpc) is 3.31. The maximum atomic E-state index is 14.1. The number of pyridine rings is 1. The number of hydrogen-bond donors (Lipinski definition) is 0. The molecular weight excluding hydrogens is 463 g/mol. The van der Waals surface area contributed by atoms with Crippen LogP contribution in [-0.4, -0.2) is 53.6 Å². The molecule has 5 rings (SSSR count). The van der Waals surface area contributed by atoms with Crippen molar-refractivity contribution in [3.63, 3.8) is 0 Å². The summed E-state index contributed by atoms with van der Waals surface area (Å²) in [6, 6.07) is 18.8. The van der Waals surface area contributed by atoms with E-state index >= 15 is 0 Å². The molecular formula is C27H27FN4O2S. The van der Waals surface area contributed by atoms with E-state index in [2.05, 4.69) is 17.1 Å². The minimum Gasteiger partial charge on any atom is -0.497 e. The summed E-state index contributed by atoms with van der Waals surface area (Å²) in [6.07, 6.45) is 3.75. The molecule has 0 atom stereocenters. The van der Waals surface area contributed by atoms with Gasteiger partial charge in [0.2, 0.25) is 5.91 Å². The number of methoxy groups -OCH3 is 1. The number of thioether (sulfide) groups is 1. The summed E-state index contributed by atoms with van der Waals surface area (Å²) in [6.45, 7) is 2.67. The van der Waals surface area contributed by atoms with E-state index in [0.29, 0.717) is 31.9 Å². The Morgan fingerprint density at radius 2 is 1.80 bits per heavy atom. The molecule has 6 nitrogen and oxygen atoms in total. The van der Waals surface area contributed by atoms with E-state index < -0.39 is 0 Å². The topological polar surface area (TPSA) is 50.6 Å². The lowest BCUT2D eigenvalue weighted by Gasteiger charge is -2.36. The van der Waals surface area contributed by atoms with Crippen LogP contribution in [0.15, 0.2) is 78.1 Å². The zero-order valence-electron chi connectivity index (χ0n) is 19.6. The Balaban J connectivity index is 1.22. The Morgan fingerprint density at radius 1 is 1.03 bits per heavy atom. The van der Waals surface area contributed by atoms with Crippen molar-refractivity contribution in [2.24, 2.45) is 0 Å². The summed E-state index contributed by atoms with van der Waals surface area (Å²) in [5, 5.41) is 1.99. The van der Waals surface area contributed by atoms with E-state index in [4.69, 9.17) is 4.74 Å². The standard InChI is InChI=1S/C27H27FN4O2S/c1-34-21-8-6-20(7-9-21)19-35-27-22-11-13-32(24(22)10-12-29-27)18-26(33)31-16-14-30(15-17-31)25-5-3-2-4-23(25)28/h2-13H,14-19H2,1H3. The van der Waals surface area contributed by atoms with Crippen molar-refractivity contribution in [1.82, 2.24) is 14.5 Å². The first kappa shape index (κ1) is 23.2. The zero-order valence-corrected chi connectivity index (χ0v) is 20.4. The number of para-hydroxylation sites is 1. The first-order valence-electron chi connectivity index (χ1n) is 11.6. The molecule has 4 aromatic rings. The smallest absolute Gasteiger partial charge is 0.242 e. The molecule has 1 aliphatic rings. The van der Waals surface area contributed by atoms with Gasteiger partial charge in [0.05, 0.1) is 18.3 Å². The van der Waals surface area contributed by atoms with Crippen LogP contribution in [0.2, 0.25) is 0 Å². The molecule has 2 aromatic carbocycles. The number of amides is 1. The second kappa shape index (κ2) is 10.4. The van der Waals surface area contributed by atoms with Crippen molar-refractivity contribution in [2.75, 3.05) is 38.2 Å². The van der Waals surface area contributed by atoms with Gasteiger partial charge in [0.15, 0.2) is 0 Å². The summed E-state index contributed by atoms with van der Waals surface area (Å²) < 4.78 is 21.3. The fourth-order valence-corrected chi connectivity index (χ4v) is 5.33. The van der Waals surface area contributed by atoms with Crippen LogP contribution in [0.3, 0.4) is 0 Å². The number of carbonyl (C=O) groups is 1. The van der Waals surface area contributed by atoms with Gasteiger partial charge in [0.1, 0.15) is 23.1 Å². The largest absolute Gasteiger partial charge is 0.497 e. The van der Waals surface area contributed by atoms with Gasteiger partial charge in [-0.05, 0) is 42.0 Å². The highest BCUT2D eigenvalue weighted by Crippen LogP contribution is 2.29. The van der Waals surface area contributed by atoms with Crippen molar-refractivity contribution in [2.45, 2.75) is 17.3 Å². The summed E-state index contributed by atoms with van der Waals surface area (Å²) in [7, 11) is 1.66. The van der Waals surface area contributed by atoms with Gasteiger partial charge in [-0.3, -0.25) is 4.79 Å². The van der Waals surface area contributed by atoms with E-state index in [9.17, 15) is 9.18 Å². The van der Waals surface area contributed by atoms with Crippen molar-refractivity contribution in [3.05, 3.63) is 84.4 Å². The molecule has 0 saturated carbocycles. The number of aromatic nitrogens is 2. The molecule has 0 aliphatic carbocycles. The van der Waals surface area contributed by atoms with E-state index in [1.807, 2.05) is 50.9 Å². The Morgan fingerprint density at radius 3 is 2.54 bits per heavy atom. The number of halogens is 1. The summed E-state index contributed by atoms with van der Waals surface area (Å²) >= 11 is 1.68. The van der Waals surface area contributed by atoms with Gasteiger partial charge >= 0.3 is 0 Å². The number of hydrogen-bond acceptors (Lipinski definition) is 5. The Labute approximate surface area is 208 Å². The first-order valence-corrected chi connectivity index (χ1v) is 12.6. The molecule has 0 N–H and O–H groups in total. The van der Waals surface area contributed by atoms with Gasteiger partial charge in [-0.15, -0.1) is 11.8 Å². The molecule has 1 saturated heterocycles. The molecule has 8 heteroatoms. The van der Waals surface area contributed by atoms with Crippen LogP contribution in [0.5, 0.6) is 5.75 Å². The van der Waals surface area contributed by atoms with Gasteiger partial charge in [-0.25, -0.2) is 9.37 Å². The molecule has 180 valence electrons. The number of nitrogens with zero attached hydrogens (tertiary/aromatic N) is 4. The van der Waals surface area contributed by atoms with Crippen LogP contribution in [0, 0.1) is 5.82 Å². The predicted octanol–water partition coefficient (Wildman–Crippen LogP) is 4.83. The third-order valence-electron chi connectivity index (χ3n) is 6.33. The minimum atomic E-state index is -0.222. The van der Waals surface area contributed by atoms with Crippen molar-refractivity contribution in [1.29, 1.82) is 0 Å². The summed E-state index contributed by atoms with van der Waals surface area (Å²) in [5.41, 5.74) is 2.79. The molecule has 1 aliphatic heterocycles. The number of piperazine rings is 1. The second-order valence-corrected chi connectivity index (χ2v) is 9.41. The number of carbonyl (C=O) groups excluding carboxylic acids is 1. The minimum absolute atomic E-state index is 0.0694. The molecule has 1 amide bonds. The van der Waals surface area contributed by atoms with E-state index in [1.54, 1.807) is 37.2 Å². The van der Waals surface area contributed by atoms with Gasteiger partial charge < -0.3 is 19.1 Å². The Kier molecular flexibility index (Phi) is 6.90. The second-order valence-electron chi connectivity index (χ2n) is 8.45. The zero-order chi connectivity index (χ0) is 24.2. The van der Waals surface area contributed by atoms with Crippen molar-refractivity contribution < 1.29 is 13.9 Å². The SMILES string of the molecule is COc1ccc(CSc2nccc3c2ccn3CC(=O)N2CCN(c3ccccc3F)CC2)cc1. The average molecular weight is 491 g/mol. The highest BCUT2D eigenvalue weighted by Gasteiger charge is 2.23. The van der Waals surface area contributed by atoms with Gasteiger partial charge in [0, 0.05) is 49.7 Å². The normalized spacial score (nSPS) is 13.9. The highest BCUT2D eigenvalue weighted by molar-refractivity contribution is 7.98. The monoisotopic (exact) mass is 490 g/mol. The highest BCUT2D eigenvalue weighted by atomic mass is 32.2.